The van der Waals surface area contributed by atoms with Crippen LogP contribution in [0.4, 0.5) is 10.1 Å². The van der Waals surface area contributed by atoms with E-state index in [9.17, 15) is 9.18 Å². The number of carboxylic acid groups (broad SMARTS) is 1. The van der Waals surface area contributed by atoms with Gasteiger partial charge in [0.05, 0.1) is 11.3 Å². The predicted molar refractivity (Wildman–Crippen MR) is 78.5 cm³/mol. The van der Waals surface area contributed by atoms with Gasteiger partial charge in [-0.25, -0.2) is 9.18 Å². The van der Waals surface area contributed by atoms with Crippen LogP contribution in [0.5, 0.6) is 5.75 Å². The molecule has 0 atom stereocenters. The minimum atomic E-state index is -1.000. The maximum absolute atomic E-state index is 13.6. The molecule has 0 radical (unpaired) electrons. The van der Waals surface area contributed by atoms with E-state index < -0.39 is 5.97 Å². The molecule has 4 nitrogen and oxygen atoms in total. The maximum atomic E-state index is 13.6. The highest BCUT2D eigenvalue weighted by molar-refractivity contribution is 5.87. The lowest BCUT2D eigenvalue weighted by Gasteiger charge is -2.10. The molecule has 0 amide bonds. The van der Waals surface area contributed by atoms with E-state index in [0.717, 1.165) is 5.56 Å². The average Bonchev–Trinajstić information content (AvgIpc) is 2.45. The Morgan fingerprint density at radius 2 is 2.10 bits per heavy atom. The minimum absolute atomic E-state index is 0.171. The molecule has 0 heterocycles. The van der Waals surface area contributed by atoms with Gasteiger partial charge in [0.2, 0.25) is 0 Å². The van der Waals surface area contributed by atoms with Crippen LogP contribution in [0.3, 0.4) is 0 Å². The first-order valence-electron chi connectivity index (χ1n) is 6.52. The second-order valence-electron chi connectivity index (χ2n) is 4.59. The highest BCUT2D eigenvalue weighted by Crippen LogP contribution is 2.16. The average molecular weight is 289 g/mol. The van der Waals surface area contributed by atoms with Gasteiger partial charge in [-0.2, -0.15) is 0 Å². The lowest BCUT2D eigenvalue weighted by molar-refractivity contribution is 0.0696. The fourth-order valence-corrected chi connectivity index (χ4v) is 1.84. The van der Waals surface area contributed by atoms with Gasteiger partial charge in [0, 0.05) is 6.54 Å². The van der Waals surface area contributed by atoms with Gasteiger partial charge in [0.15, 0.2) is 0 Å². The standard InChI is InChI=1S/C16H16FNO3/c1-11-5-6-15(14(17)9-11)18-7-8-21-13-4-2-3-12(10-13)16(19)20/h2-6,9-10,18H,7-8H2,1H3,(H,19,20). The highest BCUT2D eigenvalue weighted by atomic mass is 19.1. The first-order valence-corrected chi connectivity index (χ1v) is 6.52. The Hall–Kier alpha value is -2.56. The third-order valence-corrected chi connectivity index (χ3v) is 2.89. The molecular formula is C16H16FNO3. The molecule has 0 aromatic heterocycles. The number of anilines is 1. The zero-order valence-electron chi connectivity index (χ0n) is 11.6. The molecule has 0 saturated carbocycles. The molecule has 0 saturated heterocycles. The number of halogens is 1. The second kappa shape index (κ2) is 6.74. The van der Waals surface area contributed by atoms with Gasteiger partial charge < -0.3 is 15.2 Å². The van der Waals surface area contributed by atoms with Gasteiger partial charge in [-0.15, -0.1) is 0 Å². The SMILES string of the molecule is Cc1ccc(NCCOc2cccc(C(=O)O)c2)c(F)c1. The molecule has 21 heavy (non-hydrogen) atoms. The van der Waals surface area contributed by atoms with Gasteiger partial charge in [0.1, 0.15) is 18.2 Å². The molecule has 2 aromatic carbocycles. The van der Waals surface area contributed by atoms with E-state index in [1.807, 2.05) is 13.0 Å². The largest absolute Gasteiger partial charge is 0.492 e. The van der Waals surface area contributed by atoms with Gasteiger partial charge >= 0.3 is 5.97 Å². The van der Waals surface area contributed by atoms with E-state index in [4.69, 9.17) is 9.84 Å². The van der Waals surface area contributed by atoms with Crippen molar-refractivity contribution < 1.29 is 19.0 Å². The first kappa shape index (κ1) is 14.8. The Bertz CT molecular complexity index is 643. The van der Waals surface area contributed by atoms with E-state index in [-0.39, 0.29) is 11.4 Å². The van der Waals surface area contributed by atoms with E-state index in [1.54, 1.807) is 18.2 Å². The van der Waals surface area contributed by atoms with Crippen LogP contribution in [0.1, 0.15) is 15.9 Å². The number of hydrogen-bond donors (Lipinski definition) is 2. The van der Waals surface area contributed by atoms with Crippen LogP contribution in [-0.2, 0) is 0 Å². The molecule has 2 rings (SSSR count). The van der Waals surface area contributed by atoms with Crippen molar-refractivity contribution in [2.75, 3.05) is 18.5 Å². The lowest BCUT2D eigenvalue weighted by Crippen LogP contribution is -2.12. The fourth-order valence-electron chi connectivity index (χ4n) is 1.84. The van der Waals surface area contributed by atoms with Crippen molar-refractivity contribution in [3.63, 3.8) is 0 Å². The molecule has 2 N–H and O–H groups in total. The molecule has 0 spiro atoms. The fraction of sp³-hybridized carbons (Fsp3) is 0.188. The Labute approximate surface area is 122 Å². The van der Waals surface area contributed by atoms with Crippen molar-refractivity contribution >= 4 is 11.7 Å². The summed E-state index contributed by atoms with van der Waals surface area (Å²) >= 11 is 0. The monoisotopic (exact) mass is 289 g/mol. The normalized spacial score (nSPS) is 10.2. The number of ether oxygens (including phenoxy) is 1. The Kier molecular flexibility index (Phi) is 4.77. The van der Waals surface area contributed by atoms with Crippen molar-refractivity contribution in [2.45, 2.75) is 6.92 Å². The Morgan fingerprint density at radius 3 is 2.81 bits per heavy atom. The zero-order chi connectivity index (χ0) is 15.2. The van der Waals surface area contributed by atoms with Crippen molar-refractivity contribution in [1.82, 2.24) is 0 Å². The number of carbonyl (C=O) groups is 1. The van der Waals surface area contributed by atoms with Crippen LogP contribution >= 0.6 is 0 Å². The molecular weight excluding hydrogens is 273 g/mol. The molecule has 0 bridgehead atoms. The van der Waals surface area contributed by atoms with E-state index >= 15 is 0 Å². The molecule has 0 aliphatic carbocycles. The van der Waals surface area contributed by atoms with E-state index in [0.29, 0.717) is 24.6 Å². The molecule has 0 unspecified atom stereocenters. The number of rotatable bonds is 6. The number of benzene rings is 2. The van der Waals surface area contributed by atoms with Crippen LogP contribution in [0.15, 0.2) is 42.5 Å². The van der Waals surface area contributed by atoms with Gasteiger partial charge in [-0.3, -0.25) is 0 Å². The van der Waals surface area contributed by atoms with Crippen LogP contribution in [-0.4, -0.2) is 24.2 Å². The molecule has 0 aliphatic heterocycles. The summed E-state index contributed by atoms with van der Waals surface area (Å²) < 4.78 is 19.0. The molecule has 0 fully saturated rings. The maximum Gasteiger partial charge on any atom is 0.335 e. The predicted octanol–water partition coefficient (Wildman–Crippen LogP) is 3.32. The quantitative estimate of drug-likeness (QED) is 0.801. The van der Waals surface area contributed by atoms with Crippen LogP contribution in [0.25, 0.3) is 0 Å². The smallest absolute Gasteiger partial charge is 0.335 e. The summed E-state index contributed by atoms with van der Waals surface area (Å²) in [7, 11) is 0. The van der Waals surface area contributed by atoms with E-state index in [1.165, 1.54) is 18.2 Å². The van der Waals surface area contributed by atoms with Gasteiger partial charge in [0.25, 0.3) is 0 Å². The number of nitrogens with one attached hydrogen (secondary N) is 1. The van der Waals surface area contributed by atoms with Crippen molar-refractivity contribution in [2.24, 2.45) is 0 Å². The number of carboxylic acids is 1. The topological polar surface area (TPSA) is 58.6 Å². The first-order chi connectivity index (χ1) is 10.1. The van der Waals surface area contributed by atoms with Crippen LogP contribution in [0, 0.1) is 12.7 Å². The third kappa shape index (κ3) is 4.21. The van der Waals surface area contributed by atoms with Crippen molar-refractivity contribution in [3.8, 4) is 5.75 Å². The minimum Gasteiger partial charge on any atom is -0.492 e. The number of aryl methyl sites for hydroxylation is 1. The molecule has 110 valence electrons. The number of aromatic carboxylic acids is 1. The molecule has 5 heteroatoms. The lowest BCUT2D eigenvalue weighted by atomic mass is 10.2. The summed E-state index contributed by atoms with van der Waals surface area (Å²) in [4.78, 5) is 10.8. The van der Waals surface area contributed by atoms with E-state index in [2.05, 4.69) is 5.32 Å². The summed E-state index contributed by atoms with van der Waals surface area (Å²) in [6, 6.07) is 11.2. The summed E-state index contributed by atoms with van der Waals surface area (Å²) in [5.74, 6) is -0.829. The highest BCUT2D eigenvalue weighted by Gasteiger charge is 2.04. The zero-order valence-corrected chi connectivity index (χ0v) is 11.6. The van der Waals surface area contributed by atoms with Gasteiger partial charge in [-0.05, 0) is 42.8 Å². The Balaban J connectivity index is 1.84. The van der Waals surface area contributed by atoms with Crippen molar-refractivity contribution in [1.29, 1.82) is 0 Å². The molecule has 0 aliphatic rings. The Morgan fingerprint density at radius 1 is 1.29 bits per heavy atom. The van der Waals surface area contributed by atoms with Crippen LogP contribution in [0.2, 0.25) is 0 Å². The third-order valence-electron chi connectivity index (χ3n) is 2.89. The van der Waals surface area contributed by atoms with Crippen LogP contribution < -0.4 is 10.1 Å². The summed E-state index contributed by atoms with van der Waals surface area (Å²) in [5, 5.41) is 11.8. The number of hydrogen-bond acceptors (Lipinski definition) is 3. The van der Waals surface area contributed by atoms with Gasteiger partial charge in [-0.1, -0.05) is 12.1 Å². The summed E-state index contributed by atoms with van der Waals surface area (Å²) in [5.41, 5.74) is 1.45. The molecule has 2 aromatic rings. The summed E-state index contributed by atoms with van der Waals surface area (Å²) in [6.45, 7) is 2.54. The summed E-state index contributed by atoms with van der Waals surface area (Å²) in [6.07, 6.45) is 0. The second-order valence-corrected chi connectivity index (χ2v) is 4.59. The van der Waals surface area contributed by atoms with Crippen molar-refractivity contribution in [3.05, 3.63) is 59.4 Å².